The second kappa shape index (κ2) is 5.73. The SMILES string of the molecule is CCOC1(c2nc(Br)cc(Br)n2)CCOCC1. The van der Waals surface area contributed by atoms with Crippen molar-refractivity contribution in [1.29, 1.82) is 0 Å². The summed E-state index contributed by atoms with van der Waals surface area (Å²) >= 11 is 6.77. The molecule has 0 bridgehead atoms. The van der Waals surface area contributed by atoms with Crippen LogP contribution < -0.4 is 0 Å². The van der Waals surface area contributed by atoms with Gasteiger partial charge in [0.15, 0.2) is 5.82 Å². The largest absolute Gasteiger partial charge is 0.381 e. The number of ether oxygens (including phenoxy) is 2. The van der Waals surface area contributed by atoms with Crippen LogP contribution in [-0.4, -0.2) is 29.8 Å². The molecule has 0 radical (unpaired) electrons. The van der Waals surface area contributed by atoms with Gasteiger partial charge in [0.2, 0.25) is 0 Å². The first-order valence-corrected chi connectivity index (χ1v) is 7.17. The van der Waals surface area contributed by atoms with E-state index in [9.17, 15) is 0 Å². The molecule has 6 heteroatoms. The van der Waals surface area contributed by atoms with Gasteiger partial charge in [0.1, 0.15) is 14.8 Å². The van der Waals surface area contributed by atoms with Gasteiger partial charge in [0, 0.05) is 38.7 Å². The van der Waals surface area contributed by atoms with E-state index >= 15 is 0 Å². The minimum atomic E-state index is -0.403. The molecule has 0 N–H and O–H groups in total. The lowest BCUT2D eigenvalue weighted by atomic mass is 9.93. The van der Waals surface area contributed by atoms with Crippen molar-refractivity contribution >= 4 is 31.9 Å². The van der Waals surface area contributed by atoms with Crippen LogP contribution in [0.3, 0.4) is 0 Å². The molecule has 0 aliphatic carbocycles. The molecule has 2 heterocycles. The van der Waals surface area contributed by atoms with Crippen molar-refractivity contribution in [2.24, 2.45) is 0 Å². The fourth-order valence-corrected chi connectivity index (χ4v) is 3.08. The van der Waals surface area contributed by atoms with E-state index in [-0.39, 0.29) is 0 Å². The van der Waals surface area contributed by atoms with E-state index in [0.717, 1.165) is 27.9 Å². The third-order valence-corrected chi connectivity index (χ3v) is 3.60. The van der Waals surface area contributed by atoms with Gasteiger partial charge in [-0.2, -0.15) is 0 Å². The van der Waals surface area contributed by atoms with E-state index in [0.29, 0.717) is 19.8 Å². The Hall–Kier alpha value is -0.0400. The van der Waals surface area contributed by atoms with Gasteiger partial charge >= 0.3 is 0 Å². The number of aromatic nitrogens is 2. The van der Waals surface area contributed by atoms with Crippen molar-refractivity contribution < 1.29 is 9.47 Å². The molecule has 0 aromatic carbocycles. The van der Waals surface area contributed by atoms with Crippen molar-refractivity contribution in [1.82, 2.24) is 9.97 Å². The number of hydrogen-bond donors (Lipinski definition) is 0. The highest BCUT2D eigenvalue weighted by atomic mass is 79.9. The summed E-state index contributed by atoms with van der Waals surface area (Å²) < 4.78 is 12.8. The lowest BCUT2D eigenvalue weighted by Gasteiger charge is -2.35. The molecule has 1 saturated heterocycles. The maximum absolute atomic E-state index is 5.92. The van der Waals surface area contributed by atoms with E-state index in [1.807, 2.05) is 13.0 Å². The minimum Gasteiger partial charge on any atom is -0.381 e. The van der Waals surface area contributed by atoms with Crippen molar-refractivity contribution in [3.8, 4) is 0 Å². The van der Waals surface area contributed by atoms with E-state index < -0.39 is 5.60 Å². The quantitative estimate of drug-likeness (QED) is 0.772. The Morgan fingerprint density at radius 2 is 1.88 bits per heavy atom. The zero-order valence-corrected chi connectivity index (χ0v) is 12.8. The topological polar surface area (TPSA) is 44.2 Å². The van der Waals surface area contributed by atoms with Crippen LogP contribution in [0.1, 0.15) is 25.6 Å². The van der Waals surface area contributed by atoms with Crippen LogP contribution in [0.15, 0.2) is 15.3 Å². The molecule has 1 aromatic heterocycles. The third-order valence-electron chi connectivity index (χ3n) is 2.79. The normalized spacial score (nSPS) is 19.2. The van der Waals surface area contributed by atoms with Crippen molar-refractivity contribution in [3.63, 3.8) is 0 Å². The number of hydrogen-bond acceptors (Lipinski definition) is 4. The van der Waals surface area contributed by atoms with Crippen LogP contribution >= 0.6 is 31.9 Å². The summed E-state index contributed by atoms with van der Waals surface area (Å²) in [6.07, 6.45) is 1.59. The standard InChI is InChI=1S/C11H14Br2N2O2/c1-2-17-11(3-5-16-6-4-11)10-14-8(12)7-9(13)15-10/h7H,2-6H2,1H3. The van der Waals surface area contributed by atoms with Gasteiger partial charge in [-0.3, -0.25) is 0 Å². The molecule has 4 nitrogen and oxygen atoms in total. The Morgan fingerprint density at radius 1 is 1.29 bits per heavy atom. The maximum Gasteiger partial charge on any atom is 0.162 e. The summed E-state index contributed by atoms with van der Waals surface area (Å²) in [5.74, 6) is 0.726. The second-order valence-electron chi connectivity index (χ2n) is 3.88. The zero-order valence-electron chi connectivity index (χ0n) is 9.58. The Bertz CT molecular complexity index is 369. The molecule has 2 rings (SSSR count). The maximum atomic E-state index is 5.92. The van der Waals surface area contributed by atoms with Gasteiger partial charge < -0.3 is 9.47 Å². The van der Waals surface area contributed by atoms with Gasteiger partial charge in [0.05, 0.1) is 0 Å². The summed E-state index contributed by atoms with van der Waals surface area (Å²) in [7, 11) is 0. The first kappa shape index (κ1) is 13.4. The first-order chi connectivity index (χ1) is 8.16. The van der Waals surface area contributed by atoms with Gasteiger partial charge in [-0.25, -0.2) is 9.97 Å². The molecule has 0 spiro atoms. The third kappa shape index (κ3) is 3.05. The summed E-state index contributed by atoms with van der Waals surface area (Å²) in [4.78, 5) is 8.89. The molecular weight excluding hydrogens is 352 g/mol. The highest BCUT2D eigenvalue weighted by molar-refractivity contribution is 9.11. The Morgan fingerprint density at radius 3 is 2.41 bits per heavy atom. The molecule has 1 fully saturated rings. The van der Waals surface area contributed by atoms with Crippen LogP contribution in [0.2, 0.25) is 0 Å². The number of rotatable bonds is 3. The molecule has 1 aliphatic heterocycles. The average molecular weight is 366 g/mol. The first-order valence-electron chi connectivity index (χ1n) is 5.58. The summed E-state index contributed by atoms with van der Waals surface area (Å²) in [5.41, 5.74) is -0.403. The highest BCUT2D eigenvalue weighted by Crippen LogP contribution is 2.35. The predicted molar refractivity (Wildman–Crippen MR) is 70.8 cm³/mol. The highest BCUT2D eigenvalue weighted by Gasteiger charge is 2.38. The molecule has 17 heavy (non-hydrogen) atoms. The van der Waals surface area contributed by atoms with Crippen molar-refractivity contribution in [3.05, 3.63) is 21.1 Å². The summed E-state index contributed by atoms with van der Waals surface area (Å²) in [6, 6.07) is 1.82. The van der Waals surface area contributed by atoms with Crippen LogP contribution in [-0.2, 0) is 15.1 Å². The monoisotopic (exact) mass is 364 g/mol. The van der Waals surface area contributed by atoms with Gasteiger partial charge in [-0.05, 0) is 38.8 Å². The second-order valence-corrected chi connectivity index (χ2v) is 5.50. The van der Waals surface area contributed by atoms with E-state index in [4.69, 9.17) is 9.47 Å². The molecule has 1 aromatic rings. The zero-order chi connectivity index (χ0) is 12.3. The Balaban J connectivity index is 2.37. The fourth-order valence-electron chi connectivity index (χ4n) is 2.00. The van der Waals surface area contributed by atoms with E-state index in [1.165, 1.54) is 0 Å². The van der Waals surface area contributed by atoms with E-state index in [2.05, 4.69) is 41.8 Å². The summed E-state index contributed by atoms with van der Waals surface area (Å²) in [6.45, 7) is 4.01. The smallest absolute Gasteiger partial charge is 0.162 e. The Labute approximate surface area is 117 Å². The molecule has 0 unspecified atom stereocenters. The van der Waals surface area contributed by atoms with Gasteiger partial charge in [-0.1, -0.05) is 0 Å². The molecule has 0 atom stereocenters. The van der Waals surface area contributed by atoms with Gasteiger partial charge in [0.25, 0.3) is 0 Å². The van der Waals surface area contributed by atoms with Gasteiger partial charge in [-0.15, -0.1) is 0 Å². The van der Waals surface area contributed by atoms with Crippen LogP contribution in [0.5, 0.6) is 0 Å². The van der Waals surface area contributed by atoms with Crippen molar-refractivity contribution in [2.75, 3.05) is 19.8 Å². The lowest BCUT2D eigenvalue weighted by Crippen LogP contribution is -2.38. The van der Waals surface area contributed by atoms with Crippen molar-refractivity contribution in [2.45, 2.75) is 25.4 Å². The molecule has 0 amide bonds. The Kier molecular flexibility index (Phi) is 4.52. The van der Waals surface area contributed by atoms with Crippen LogP contribution in [0.25, 0.3) is 0 Å². The van der Waals surface area contributed by atoms with E-state index in [1.54, 1.807) is 0 Å². The minimum absolute atomic E-state index is 0.403. The molecule has 0 saturated carbocycles. The average Bonchev–Trinajstić information content (AvgIpc) is 2.29. The number of nitrogens with zero attached hydrogens (tertiary/aromatic N) is 2. The number of halogens is 2. The molecule has 94 valence electrons. The fraction of sp³-hybridized carbons (Fsp3) is 0.636. The predicted octanol–water partition coefficient (Wildman–Crippen LogP) is 3.04. The lowest BCUT2D eigenvalue weighted by molar-refractivity contribution is -0.118. The molecule has 1 aliphatic rings. The molecular formula is C11H14Br2N2O2. The van der Waals surface area contributed by atoms with Crippen LogP contribution in [0, 0.1) is 0 Å². The summed E-state index contributed by atoms with van der Waals surface area (Å²) in [5, 5.41) is 0. The van der Waals surface area contributed by atoms with Crippen LogP contribution in [0.4, 0.5) is 0 Å².